The minimum Gasteiger partial charge on any atom is -0.486 e. The largest absolute Gasteiger partial charge is 0.486 e. The maximum Gasteiger partial charge on any atom is 0.325 e. The highest BCUT2D eigenvalue weighted by molar-refractivity contribution is 7.99. The van der Waals surface area contributed by atoms with E-state index in [9.17, 15) is 9.59 Å². The molecule has 0 spiro atoms. The minimum absolute atomic E-state index is 0.124. The summed E-state index contributed by atoms with van der Waals surface area (Å²) in [5, 5.41) is 17.4. The third-order valence-corrected chi connectivity index (χ3v) is 5.63. The van der Waals surface area contributed by atoms with E-state index < -0.39 is 11.9 Å². The van der Waals surface area contributed by atoms with Crippen molar-refractivity contribution >= 4 is 29.4 Å². The van der Waals surface area contributed by atoms with Gasteiger partial charge >= 0.3 is 6.03 Å². The molecule has 0 saturated carbocycles. The molecule has 3 amide bonds. The monoisotopic (exact) mass is 454 g/mol. The van der Waals surface area contributed by atoms with Gasteiger partial charge in [-0.3, -0.25) is 10.1 Å². The lowest BCUT2D eigenvalue weighted by Gasteiger charge is -2.19. The summed E-state index contributed by atoms with van der Waals surface area (Å²) in [6.07, 6.45) is 0.124. The number of tetrazole rings is 1. The molecule has 2 N–H and O–H groups in total. The summed E-state index contributed by atoms with van der Waals surface area (Å²) in [4.78, 5) is 24.3. The average Bonchev–Trinajstić information content (AvgIpc) is 3.21. The van der Waals surface area contributed by atoms with Gasteiger partial charge < -0.3 is 14.8 Å². The average molecular weight is 455 g/mol. The molecular weight excluding hydrogens is 432 g/mol. The molecule has 0 bridgehead atoms. The Morgan fingerprint density at radius 3 is 2.62 bits per heavy atom. The number of imide groups is 1. The third-order valence-electron chi connectivity index (χ3n) is 4.71. The number of aryl methyl sites for hydroxylation is 2. The number of para-hydroxylation sites is 1. The number of nitrogens with zero attached hydrogens (tertiary/aromatic N) is 4. The summed E-state index contributed by atoms with van der Waals surface area (Å²) in [6, 6.07) is 10.4. The second-order valence-corrected chi connectivity index (χ2v) is 8.13. The van der Waals surface area contributed by atoms with Crippen LogP contribution in [0.1, 0.15) is 17.5 Å². The van der Waals surface area contributed by atoms with Gasteiger partial charge in [-0.05, 0) is 47.5 Å². The zero-order valence-electron chi connectivity index (χ0n) is 17.6. The molecule has 166 valence electrons. The molecule has 0 fully saturated rings. The first-order chi connectivity index (χ1) is 15.5. The summed E-state index contributed by atoms with van der Waals surface area (Å²) >= 11 is 1.34. The summed E-state index contributed by atoms with van der Waals surface area (Å²) in [6.45, 7) is 4.92. The van der Waals surface area contributed by atoms with Crippen molar-refractivity contribution in [3.8, 4) is 17.2 Å². The van der Waals surface area contributed by atoms with Crippen molar-refractivity contribution in [2.45, 2.75) is 25.4 Å². The van der Waals surface area contributed by atoms with Crippen LogP contribution in [0.3, 0.4) is 0 Å². The second kappa shape index (κ2) is 9.69. The van der Waals surface area contributed by atoms with Gasteiger partial charge in [0.1, 0.15) is 13.2 Å². The molecule has 0 aliphatic carbocycles. The molecule has 0 unspecified atom stereocenters. The van der Waals surface area contributed by atoms with Crippen molar-refractivity contribution in [1.29, 1.82) is 0 Å². The number of hydrogen-bond donors (Lipinski definition) is 2. The van der Waals surface area contributed by atoms with Gasteiger partial charge in [0.25, 0.3) is 0 Å². The second-order valence-electron chi connectivity index (χ2n) is 7.07. The van der Waals surface area contributed by atoms with E-state index >= 15 is 0 Å². The molecule has 2 aromatic carbocycles. The molecule has 1 aliphatic rings. The van der Waals surface area contributed by atoms with Crippen LogP contribution in [-0.2, 0) is 4.79 Å². The van der Waals surface area contributed by atoms with E-state index in [-0.39, 0.29) is 6.42 Å². The van der Waals surface area contributed by atoms with E-state index in [4.69, 9.17) is 9.47 Å². The van der Waals surface area contributed by atoms with Crippen LogP contribution in [0, 0.1) is 13.8 Å². The van der Waals surface area contributed by atoms with Crippen LogP contribution in [0.25, 0.3) is 5.69 Å². The predicted octanol–water partition coefficient (Wildman–Crippen LogP) is 2.88. The quantitative estimate of drug-likeness (QED) is 0.546. The SMILES string of the molecule is Cc1cccc(C)c1-n1nnnc1SCCC(=O)NC(=O)Nc1ccc2c(c1)OCCO2. The number of ether oxygens (including phenoxy) is 2. The fourth-order valence-corrected chi connectivity index (χ4v) is 4.07. The van der Waals surface area contributed by atoms with E-state index in [0.29, 0.717) is 41.3 Å². The van der Waals surface area contributed by atoms with Crippen molar-refractivity contribution in [1.82, 2.24) is 25.5 Å². The maximum absolute atomic E-state index is 12.2. The number of hydrogen-bond acceptors (Lipinski definition) is 8. The molecule has 1 aliphatic heterocycles. The molecule has 3 aromatic rings. The fraction of sp³-hybridized carbons (Fsp3) is 0.286. The van der Waals surface area contributed by atoms with Crippen molar-refractivity contribution < 1.29 is 19.1 Å². The Morgan fingerprint density at radius 2 is 1.84 bits per heavy atom. The van der Waals surface area contributed by atoms with Crippen LogP contribution in [0.5, 0.6) is 11.5 Å². The van der Waals surface area contributed by atoms with E-state index in [0.717, 1.165) is 16.8 Å². The van der Waals surface area contributed by atoms with Gasteiger partial charge in [-0.15, -0.1) is 5.10 Å². The molecule has 4 rings (SSSR count). The lowest BCUT2D eigenvalue weighted by Crippen LogP contribution is -2.34. The number of fused-ring (bicyclic) bond motifs is 1. The third kappa shape index (κ3) is 4.99. The van der Waals surface area contributed by atoms with Gasteiger partial charge in [-0.2, -0.15) is 4.68 Å². The van der Waals surface area contributed by atoms with E-state index in [2.05, 4.69) is 26.2 Å². The number of anilines is 1. The van der Waals surface area contributed by atoms with Gasteiger partial charge in [0, 0.05) is 23.9 Å². The number of benzene rings is 2. The summed E-state index contributed by atoms with van der Waals surface area (Å²) in [5.74, 6) is 1.18. The Hall–Kier alpha value is -3.60. The molecule has 1 aromatic heterocycles. The highest BCUT2D eigenvalue weighted by atomic mass is 32.2. The van der Waals surface area contributed by atoms with Crippen LogP contribution < -0.4 is 20.1 Å². The standard InChI is InChI=1S/C21H22N6O4S/c1-13-4-3-5-14(2)19(13)27-21(24-25-26-27)32-11-8-18(28)23-20(29)22-15-6-7-16-17(12-15)31-10-9-30-16/h3-7,12H,8-11H2,1-2H3,(H2,22,23,28,29). The van der Waals surface area contributed by atoms with E-state index in [1.165, 1.54) is 11.8 Å². The number of aromatic nitrogens is 4. The van der Waals surface area contributed by atoms with Crippen LogP contribution in [-0.4, -0.2) is 51.1 Å². The molecule has 11 heteroatoms. The summed E-state index contributed by atoms with van der Waals surface area (Å²) in [5.41, 5.74) is 3.52. The smallest absolute Gasteiger partial charge is 0.325 e. The topological polar surface area (TPSA) is 120 Å². The minimum atomic E-state index is -0.614. The number of thioether (sulfide) groups is 1. The van der Waals surface area contributed by atoms with Crippen molar-refractivity contribution in [2.75, 3.05) is 24.3 Å². The van der Waals surface area contributed by atoms with Gasteiger partial charge in [0.2, 0.25) is 11.1 Å². The molecule has 0 atom stereocenters. The van der Waals surface area contributed by atoms with Crippen LogP contribution in [0.2, 0.25) is 0 Å². The zero-order chi connectivity index (χ0) is 22.5. The predicted molar refractivity (Wildman–Crippen MR) is 119 cm³/mol. The van der Waals surface area contributed by atoms with Crippen LogP contribution in [0.4, 0.5) is 10.5 Å². The van der Waals surface area contributed by atoms with E-state index in [1.54, 1.807) is 22.9 Å². The molecule has 2 heterocycles. The lowest BCUT2D eigenvalue weighted by molar-refractivity contribution is -0.119. The van der Waals surface area contributed by atoms with Crippen molar-refractivity contribution in [2.24, 2.45) is 0 Å². The maximum atomic E-state index is 12.2. The van der Waals surface area contributed by atoms with Crippen LogP contribution >= 0.6 is 11.8 Å². The molecule has 0 radical (unpaired) electrons. The van der Waals surface area contributed by atoms with E-state index in [1.807, 2.05) is 32.0 Å². The Bertz CT molecular complexity index is 1130. The normalized spacial score (nSPS) is 12.3. The van der Waals surface area contributed by atoms with Crippen molar-refractivity contribution in [3.63, 3.8) is 0 Å². The number of urea groups is 1. The molecule has 32 heavy (non-hydrogen) atoms. The number of carbonyl (C=O) groups excluding carboxylic acids is 2. The molecule has 10 nitrogen and oxygen atoms in total. The van der Waals surface area contributed by atoms with Crippen LogP contribution in [0.15, 0.2) is 41.6 Å². The van der Waals surface area contributed by atoms with Gasteiger partial charge in [-0.1, -0.05) is 30.0 Å². The Morgan fingerprint density at radius 1 is 1.09 bits per heavy atom. The molecular formula is C21H22N6O4S. The number of carbonyl (C=O) groups is 2. The number of rotatable bonds is 6. The first-order valence-corrected chi connectivity index (χ1v) is 11.0. The fourth-order valence-electron chi connectivity index (χ4n) is 3.26. The van der Waals surface area contributed by atoms with Crippen molar-refractivity contribution in [3.05, 3.63) is 47.5 Å². The number of amides is 3. The first kappa shape index (κ1) is 21.6. The van der Waals surface area contributed by atoms with Gasteiger partial charge in [-0.25, -0.2) is 4.79 Å². The van der Waals surface area contributed by atoms with Gasteiger partial charge in [0.05, 0.1) is 5.69 Å². The zero-order valence-corrected chi connectivity index (χ0v) is 18.4. The first-order valence-electron chi connectivity index (χ1n) is 9.99. The highest BCUT2D eigenvalue weighted by Gasteiger charge is 2.16. The number of nitrogens with one attached hydrogen (secondary N) is 2. The Labute approximate surface area is 188 Å². The highest BCUT2D eigenvalue weighted by Crippen LogP contribution is 2.32. The van der Waals surface area contributed by atoms with Gasteiger partial charge in [0.15, 0.2) is 11.5 Å². The Balaban J connectivity index is 1.28. The lowest BCUT2D eigenvalue weighted by atomic mass is 10.1. The Kier molecular flexibility index (Phi) is 6.55. The summed E-state index contributed by atoms with van der Waals surface area (Å²) < 4.78 is 12.6. The summed E-state index contributed by atoms with van der Waals surface area (Å²) in [7, 11) is 0. The molecule has 0 saturated heterocycles.